The van der Waals surface area contributed by atoms with Crippen LogP contribution < -0.4 is 0 Å². The first kappa shape index (κ1) is 15.2. The van der Waals surface area contributed by atoms with Gasteiger partial charge in [0, 0.05) is 6.08 Å². The molecule has 1 N–H and O–H groups in total. The molecule has 0 heterocycles. The Balaban J connectivity index is 3.30. The molecule has 0 unspecified atom stereocenters. The maximum atomic E-state index is 10.4. The Bertz CT molecular complexity index is 217. The van der Waals surface area contributed by atoms with Crippen molar-refractivity contribution in [2.75, 3.05) is 0 Å². The number of rotatable bonds is 9. The highest BCUT2D eigenvalue weighted by Crippen LogP contribution is 2.13. The molecule has 0 aliphatic heterocycles. The highest BCUT2D eigenvalue weighted by atomic mass is 16.4. The highest BCUT2D eigenvalue weighted by molar-refractivity contribution is 5.80. The lowest BCUT2D eigenvalue weighted by atomic mass is 10.0. The van der Waals surface area contributed by atoms with Gasteiger partial charge in [0.15, 0.2) is 0 Å². The summed E-state index contributed by atoms with van der Waals surface area (Å²) in [6.07, 6.45) is 9.86. The van der Waals surface area contributed by atoms with E-state index in [1.807, 2.05) is 6.92 Å². The zero-order valence-electron chi connectivity index (χ0n) is 11.0. The first-order chi connectivity index (χ1) is 7.52. The zero-order valence-corrected chi connectivity index (χ0v) is 11.0. The molecule has 0 aliphatic rings. The molecule has 0 fully saturated rings. The molecule has 0 aromatic carbocycles. The number of hydrogen-bond acceptors (Lipinski definition) is 1. The number of carboxylic acids is 1. The van der Waals surface area contributed by atoms with Crippen molar-refractivity contribution in [3.63, 3.8) is 0 Å². The van der Waals surface area contributed by atoms with Gasteiger partial charge in [-0.3, -0.25) is 0 Å². The maximum absolute atomic E-state index is 10.4. The minimum absolute atomic E-state index is 0.820. The van der Waals surface area contributed by atoms with Crippen LogP contribution in [-0.2, 0) is 4.79 Å². The Morgan fingerprint density at radius 3 is 2.25 bits per heavy atom. The molecule has 94 valence electrons. The van der Waals surface area contributed by atoms with Gasteiger partial charge < -0.3 is 5.11 Å². The summed E-state index contributed by atoms with van der Waals surface area (Å²) in [5.41, 5.74) is 0.981. The van der Waals surface area contributed by atoms with Crippen molar-refractivity contribution in [1.29, 1.82) is 0 Å². The molecule has 0 aromatic rings. The molecular weight excluding hydrogens is 200 g/mol. The van der Waals surface area contributed by atoms with E-state index in [0.717, 1.165) is 24.3 Å². The second-order valence-electron chi connectivity index (χ2n) is 5.03. The second kappa shape index (κ2) is 9.44. The topological polar surface area (TPSA) is 37.3 Å². The van der Waals surface area contributed by atoms with E-state index in [1.165, 1.54) is 38.2 Å². The van der Waals surface area contributed by atoms with Crippen molar-refractivity contribution in [2.24, 2.45) is 5.92 Å². The van der Waals surface area contributed by atoms with Crippen LogP contribution in [-0.4, -0.2) is 11.1 Å². The summed E-state index contributed by atoms with van der Waals surface area (Å²) in [6.45, 7) is 6.42. The minimum Gasteiger partial charge on any atom is -0.478 e. The van der Waals surface area contributed by atoms with Crippen LogP contribution in [0.1, 0.15) is 65.7 Å². The Morgan fingerprint density at radius 1 is 1.12 bits per heavy atom. The van der Waals surface area contributed by atoms with E-state index in [0.29, 0.717) is 0 Å². The predicted octanol–water partition coefficient (Wildman–Crippen LogP) is 4.40. The number of aliphatic carboxylic acids is 1. The highest BCUT2D eigenvalue weighted by Gasteiger charge is 1.97. The van der Waals surface area contributed by atoms with Gasteiger partial charge in [-0.05, 0) is 25.7 Å². The monoisotopic (exact) mass is 226 g/mol. The third-order valence-electron chi connectivity index (χ3n) is 2.72. The molecule has 2 nitrogen and oxygen atoms in total. The quantitative estimate of drug-likeness (QED) is 0.467. The smallest absolute Gasteiger partial charge is 0.328 e. The Kier molecular flexibility index (Phi) is 8.97. The summed E-state index contributed by atoms with van der Waals surface area (Å²) < 4.78 is 0. The average molecular weight is 226 g/mol. The van der Waals surface area contributed by atoms with E-state index >= 15 is 0 Å². The summed E-state index contributed by atoms with van der Waals surface area (Å²) in [6, 6.07) is 0. The molecule has 16 heavy (non-hydrogen) atoms. The van der Waals surface area contributed by atoms with Crippen LogP contribution in [0.15, 0.2) is 11.6 Å². The van der Waals surface area contributed by atoms with Gasteiger partial charge in [0.1, 0.15) is 0 Å². The summed E-state index contributed by atoms with van der Waals surface area (Å²) >= 11 is 0. The third kappa shape index (κ3) is 11.3. The normalized spacial score (nSPS) is 12.1. The van der Waals surface area contributed by atoms with E-state index in [-0.39, 0.29) is 0 Å². The molecule has 2 heteroatoms. The van der Waals surface area contributed by atoms with Crippen LogP contribution in [0.5, 0.6) is 0 Å². The molecule has 0 atom stereocenters. The van der Waals surface area contributed by atoms with Gasteiger partial charge in [0.25, 0.3) is 0 Å². The van der Waals surface area contributed by atoms with E-state index < -0.39 is 5.97 Å². The van der Waals surface area contributed by atoms with Gasteiger partial charge in [0.2, 0.25) is 0 Å². The maximum Gasteiger partial charge on any atom is 0.328 e. The molecule has 0 rings (SSSR count). The fourth-order valence-corrected chi connectivity index (χ4v) is 1.77. The van der Waals surface area contributed by atoms with Crippen LogP contribution in [0.3, 0.4) is 0 Å². The molecular formula is C14H26O2. The molecule has 0 radical (unpaired) electrons. The first-order valence-electron chi connectivity index (χ1n) is 6.42. The number of unbranched alkanes of at least 4 members (excludes halogenated alkanes) is 4. The third-order valence-corrected chi connectivity index (χ3v) is 2.72. The SMILES string of the molecule is C/C(=C\C(=O)O)CCCCCCCC(C)C. The van der Waals surface area contributed by atoms with Crippen molar-refractivity contribution < 1.29 is 9.90 Å². The number of hydrogen-bond donors (Lipinski definition) is 1. The molecule has 0 saturated heterocycles. The lowest BCUT2D eigenvalue weighted by Gasteiger charge is -2.04. The van der Waals surface area contributed by atoms with Crippen molar-refractivity contribution in [2.45, 2.75) is 65.7 Å². The lowest BCUT2D eigenvalue weighted by Crippen LogP contribution is -1.90. The molecule has 0 bridgehead atoms. The van der Waals surface area contributed by atoms with Crippen LogP contribution in [0.25, 0.3) is 0 Å². The van der Waals surface area contributed by atoms with E-state index in [4.69, 9.17) is 5.11 Å². The molecule has 0 aliphatic carbocycles. The van der Waals surface area contributed by atoms with Crippen molar-refractivity contribution in [1.82, 2.24) is 0 Å². The van der Waals surface area contributed by atoms with Gasteiger partial charge in [-0.15, -0.1) is 0 Å². The van der Waals surface area contributed by atoms with Gasteiger partial charge in [-0.2, -0.15) is 0 Å². The fourth-order valence-electron chi connectivity index (χ4n) is 1.77. The van der Waals surface area contributed by atoms with Gasteiger partial charge in [-0.25, -0.2) is 4.79 Å². The van der Waals surface area contributed by atoms with Crippen molar-refractivity contribution >= 4 is 5.97 Å². The molecule has 0 aromatic heterocycles. The summed E-state index contributed by atoms with van der Waals surface area (Å²) in [7, 11) is 0. The Morgan fingerprint density at radius 2 is 1.69 bits per heavy atom. The van der Waals surface area contributed by atoms with Crippen molar-refractivity contribution in [3.05, 3.63) is 11.6 Å². The number of allylic oxidation sites excluding steroid dienone is 1. The molecule has 0 amide bonds. The van der Waals surface area contributed by atoms with E-state index in [2.05, 4.69) is 13.8 Å². The number of carboxylic acid groups (broad SMARTS) is 1. The van der Waals surface area contributed by atoms with Crippen LogP contribution in [0.2, 0.25) is 0 Å². The second-order valence-corrected chi connectivity index (χ2v) is 5.03. The van der Waals surface area contributed by atoms with Crippen LogP contribution >= 0.6 is 0 Å². The summed E-state index contributed by atoms with van der Waals surface area (Å²) in [5.74, 6) is -0.00447. The minimum atomic E-state index is -0.825. The summed E-state index contributed by atoms with van der Waals surface area (Å²) in [4.78, 5) is 10.4. The van der Waals surface area contributed by atoms with Gasteiger partial charge in [0.05, 0.1) is 0 Å². The number of carbonyl (C=O) groups is 1. The fraction of sp³-hybridized carbons (Fsp3) is 0.786. The molecule has 0 spiro atoms. The van der Waals surface area contributed by atoms with E-state index in [9.17, 15) is 4.79 Å². The largest absolute Gasteiger partial charge is 0.478 e. The average Bonchev–Trinajstić information content (AvgIpc) is 2.14. The zero-order chi connectivity index (χ0) is 12.4. The summed E-state index contributed by atoms with van der Waals surface area (Å²) in [5, 5.41) is 8.53. The van der Waals surface area contributed by atoms with E-state index in [1.54, 1.807) is 0 Å². The standard InChI is InChI=1S/C14H26O2/c1-12(2)9-7-5-4-6-8-10-13(3)11-14(15)16/h11-12H,4-10H2,1-3H3,(H,15,16)/b13-11+. The first-order valence-corrected chi connectivity index (χ1v) is 6.42. The lowest BCUT2D eigenvalue weighted by molar-refractivity contribution is -0.131. The predicted molar refractivity (Wildman–Crippen MR) is 68.5 cm³/mol. The van der Waals surface area contributed by atoms with Crippen LogP contribution in [0, 0.1) is 5.92 Å². The Hall–Kier alpha value is -0.790. The Labute approximate surface area is 99.7 Å². The molecule has 0 saturated carbocycles. The van der Waals surface area contributed by atoms with Crippen molar-refractivity contribution in [3.8, 4) is 0 Å². The van der Waals surface area contributed by atoms with Crippen LogP contribution in [0.4, 0.5) is 0 Å². The van der Waals surface area contributed by atoms with Gasteiger partial charge in [-0.1, -0.05) is 51.5 Å². The van der Waals surface area contributed by atoms with Gasteiger partial charge >= 0.3 is 5.97 Å².